The maximum Gasteiger partial charge on any atom is 0.254 e. The molecule has 2 aromatic rings. The van der Waals surface area contributed by atoms with E-state index in [1.165, 1.54) is 29.5 Å². The SMILES string of the molecule is CC.CC1CC1.CCO.Cc1ccc(Nc2c(NO)cc(C)c(=O)n2C)c(F)c1. The van der Waals surface area contributed by atoms with Crippen molar-refractivity contribution in [3.63, 3.8) is 0 Å². The maximum atomic E-state index is 13.9. The Bertz CT molecular complexity index is 803. The molecule has 6 nitrogen and oxygen atoms in total. The Morgan fingerprint density at radius 1 is 1.17 bits per heavy atom. The molecular formula is C22H36FN3O3. The normalized spacial score (nSPS) is 11.7. The Balaban J connectivity index is 0.000000730. The van der Waals surface area contributed by atoms with Crippen LogP contribution >= 0.6 is 0 Å². The number of nitrogens with zero attached hydrogens (tertiary/aromatic N) is 1. The zero-order chi connectivity index (χ0) is 22.6. The monoisotopic (exact) mass is 409 g/mol. The Labute approximate surface area is 173 Å². The lowest BCUT2D eigenvalue weighted by Gasteiger charge is -2.16. The van der Waals surface area contributed by atoms with E-state index in [9.17, 15) is 9.18 Å². The van der Waals surface area contributed by atoms with Gasteiger partial charge in [-0.3, -0.25) is 20.0 Å². The Hall–Kier alpha value is -2.38. The van der Waals surface area contributed by atoms with Crippen LogP contribution in [0.1, 0.15) is 51.7 Å². The van der Waals surface area contributed by atoms with Crippen molar-refractivity contribution in [1.82, 2.24) is 4.57 Å². The van der Waals surface area contributed by atoms with Crippen LogP contribution in [0.25, 0.3) is 0 Å². The molecule has 4 N–H and O–H groups in total. The molecule has 1 aromatic heterocycles. The average molecular weight is 410 g/mol. The first kappa shape index (κ1) is 26.6. The molecule has 0 saturated heterocycles. The number of aryl methyl sites for hydroxylation is 2. The quantitative estimate of drug-likeness (QED) is 0.528. The van der Waals surface area contributed by atoms with Crippen molar-refractivity contribution in [1.29, 1.82) is 0 Å². The minimum atomic E-state index is -0.429. The number of rotatable bonds is 3. The summed E-state index contributed by atoms with van der Waals surface area (Å²) in [4.78, 5) is 11.9. The third-order valence-corrected chi connectivity index (χ3v) is 3.96. The molecule has 0 radical (unpaired) electrons. The Morgan fingerprint density at radius 2 is 1.69 bits per heavy atom. The molecule has 0 amide bonds. The zero-order valence-electron chi connectivity index (χ0n) is 18.6. The van der Waals surface area contributed by atoms with Crippen molar-refractivity contribution >= 4 is 17.2 Å². The fourth-order valence-corrected chi connectivity index (χ4v) is 2.15. The van der Waals surface area contributed by atoms with E-state index < -0.39 is 5.82 Å². The average Bonchev–Trinajstić information content (AvgIpc) is 3.48. The van der Waals surface area contributed by atoms with E-state index in [4.69, 9.17) is 10.3 Å². The highest BCUT2D eigenvalue weighted by atomic mass is 19.1. The number of aromatic nitrogens is 1. The largest absolute Gasteiger partial charge is 0.397 e. The molecule has 29 heavy (non-hydrogen) atoms. The first-order valence-corrected chi connectivity index (χ1v) is 9.99. The van der Waals surface area contributed by atoms with Crippen molar-refractivity contribution in [3.8, 4) is 0 Å². The van der Waals surface area contributed by atoms with Gasteiger partial charge < -0.3 is 10.4 Å². The summed E-state index contributed by atoms with van der Waals surface area (Å²) in [6, 6.07) is 6.22. The molecular weight excluding hydrogens is 373 g/mol. The van der Waals surface area contributed by atoms with E-state index in [0.717, 1.165) is 11.5 Å². The summed E-state index contributed by atoms with van der Waals surface area (Å²) in [5.41, 5.74) is 3.58. The molecule has 1 aliphatic rings. The van der Waals surface area contributed by atoms with Crippen LogP contribution in [0.4, 0.5) is 21.6 Å². The lowest BCUT2D eigenvalue weighted by molar-refractivity contribution is 0.318. The summed E-state index contributed by atoms with van der Waals surface area (Å²) in [7, 11) is 1.55. The van der Waals surface area contributed by atoms with Crippen molar-refractivity contribution in [2.24, 2.45) is 13.0 Å². The van der Waals surface area contributed by atoms with Crippen molar-refractivity contribution in [2.75, 3.05) is 17.4 Å². The fraction of sp³-hybridized carbons (Fsp3) is 0.500. The number of halogens is 1. The molecule has 164 valence electrons. The number of aliphatic hydroxyl groups excluding tert-OH is 1. The van der Waals surface area contributed by atoms with Crippen LogP contribution in [0.2, 0.25) is 0 Å². The topological polar surface area (TPSA) is 86.5 Å². The van der Waals surface area contributed by atoms with E-state index in [0.29, 0.717) is 11.3 Å². The van der Waals surface area contributed by atoms with Crippen LogP contribution in [-0.4, -0.2) is 21.5 Å². The standard InChI is InChI=1S/C14H16FN3O2.C4H8.C2H6O.C2H6/c1-8-4-5-11(10(15)6-8)16-13-12(17-20)7-9(2)14(19)18(13)3;1-4-2-3-4;1-2-3;1-2/h4-7,16-17,20H,1-3H3;4H,2-3H2,1H3;3H,2H2,1H3;1-2H3. The van der Waals surface area contributed by atoms with Gasteiger partial charge in [0.15, 0.2) is 0 Å². The number of benzene rings is 1. The molecule has 0 spiro atoms. The van der Waals surface area contributed by atoms with E-state index in [1.54, 1.807) is 40.0 Å². The van der Waals surface area contributed by atoms with E-state index in [1.807, 2.05) is 19.3 Å². The molecule has 1 saturated carbocycles. The predicted octanol–water partition coefficient (Wildman–Crippen LogP) is 5.13. The van der Waals surface area contributed by atoms with E-state index in [-0.39, 0.29) is 23.7 Å². The van der Waals surface area contributed by atoms with Gasteiger partial charge in [0.2, 0.25) is 0 Å². The van der Waals surface area contributed by atoms with Crippen molar-refractivity contribution in [2.45, 2.75) is 54.4 Å². The number of aliphatic hydroxyl groups is 1. The molecule has 0 bridgehead atoms. The lowest BCUT2D eigenvalue weighted by Crippen LogP contribution is -2.23. The molecule has 7 heteroatoms. The summed E-state index contributed by atoms with van der Waals surface area (Å²) in [6.45, 7) is 11.6. The van der Waals surface area contributed by atoms with Gasteiger partial charge in [-0.2, -0.15) is 0 Å². The van der Waals surface area contributed by atoms with Gasteiger partial charge in [0.05, 0.1) is 5.69 Å². The number of hydrogen-bond acceptors (Lipinski definition) is 5. The highest BCUT2D eigenvalue weighted by Gasteiger charge is 2.13. The third kappa shape index (κ3) is 9.11. The molecule has 1 fully saturated rings. The third-order valence-electron chi connectivity index (χ3n) is 3.96. The molecule has 0 atom stereocenters. The van der Waals surface area contributed by atoms with Crippen LogP contribution < -0.4 is 16.4 Å². The second kappa shape index (κ2) is 13.7. The fourth-order valence-electron chi connectivity index (χ4n) is 2.15. The van der Waals surface area contributed by atoms with E-state index >= 15 is 0 Å². The maximum absolute atomic E-state index is 13.9. The lowest BCUT2D eigenvalue weighted by atomic mass is 10.2. The van der Waals surface area contributed by atoms with Gasteiger partial charge in [0, 0.05) is 19.2 Å². The number of nitrogens with one attached hydrogen (secondary N) is 2. The Kier molecular flexibility index (Phi) is 12.6. The predicted molar refractivity (Wildman–Crippen MR) is 119 cm³/mol. The summed E-state index contributed by atoms with van der Waals surface area (Å²) >= 11 is 0. The Morgan fingerprint density at radius 3 is 2.10 bits per heavy atom. The van der Waals surface area contributed by atoms with E-state index in [2.05, 4.69) is 12.2 Å². The van der Waals surface area contributed by atoms with Crippen molar-refractivity contribution < 1.29 is 14.7 Å². The van der Waals surface area contributed by atoms with Gasteiger partial charge in [-0.05, 0) is 50.5 Å². The highest BCUT2D eigenvalue weighted by Crippen LogP contribution is 2.27. The van der Waals surface area contributed by atoms with Gasteiger partial charge in [-0.15, -0.1) is 0 Å². The summed E-state index contributed by atoms with van der Waals surface area (Å²) in [5.74, 6) is 0.938. The zero-order valence-corrected chi connectivity index (χ0v) is 18.6. The van der Waals surface area contributed by atoms with Gasteiger partial charge >= 0.3 is 0 Å². The van der Waals surface area contributed by atoms with Crippen LogP contribution in [0.5, 0.6) is 0 Å². The molecule has 1 heterocycles. The number of hydrogen-bond donors (Lipinski definition) is 4. The minimum Gasteiger partial charge on any atom is -0.397 e. The van der Waals surface area contributed by atoms with Crippen LogP contribution in [0.3, 0.4) is 0 Å². The first-order chi connectivity index (χ1) is 13.7. The van der Waals surface area contributed by atoms with Gasteiger partial charge in [0.1, 0.15) is 17.3 Å². The summed E-state index contributed by atoms with van der Waals surface area (Å²) in [5, 5.41) is 19.5. The smallest absolute Gasteiger partial charge is 0.254 e. The summed E-state index contributed by atoms with van der Waals surface area (Å²) in [6.07, 6.45) is 2.97. The van der Waals surface area contributed by atoms with Gasteiger partial charge in [-0.1, -0.05) is 39.7 Å². The minimum absolute atomic E-state index is 0.223. The summed E-state index contributed by atoms with van der Waals surface area (Å²) < 4.78 is 15.2. The van der Waals surface area contributed by atoms with Crippen molar-refractivity contribution in [3.05, 3.63) is 51.6 Å². The van der Waals surface area contributed by atoms with Crippen LogP contribution in [0, 0.1) is 25.6 Å². The molecule has 0 unspecified atom stereocenters. The highest BCUT2D eigenvalue weighted by molar-refractivity contribution is 5.71. The number of pyridine rings is 1. The second-order valence-corrected chi connectivity index (χ2v) is 6.67. The molecule has 0 aliphatic heterocycles. The van der Waals surface area contributed by atoms with Gasteiger partial charge in [0.25, 0.3) is 5.56 Å². The molecule has 1 aromatic carbocycles. The van der Waals surface area contributed by atoms with Crippen LogP contribution in [0.15, 0.2) is 29.1 Å². The molecule has 3 rings (SSSR count). The second-order valence-electron chi connectivity index (χ2n) is 6.67. The van der Waals surface area contributed by atoms with Gasteiger partial charge in [-0.25, -0.2) is 4.39 Å². The first-order valence-electron chi connectivity index (χ1n) is 9.99. The molecule has 1 aliphatic carbocycles. The number of anilines is 3. The van der Waals surface area contributed by atoms with Crippen LogP contribution in [-0.2, 0) is 7.05 Å².